The number of nitrogens with zero attached hydrogens (tertiary/aromatic N) is 3. The van der Waals surface area contributed by atoms with E-state index in [2.05, 4.69) is 14.6 Å². The second kappa shape index (κ2) is 5.94. The lowest BCUT2D eigenvalue weighted by molar-refractivity contribution is 1.16. The van der Waals surface area contributed by atoms with E-state index in [1.165, 1.54) is 11.5 Å². The first-order valence-electron chi connectivity index (χ1n) is 5.98. The zero-order chi connectivity index (χ0) is 13.8. The van der Waals surface area contributed by atoms with E-state index in [0.717, 1.165) is 27.5 Å². The highest BCUT2D eigenvalue weighted by atomic mass is 35.5. The van der Waals surface area contributed by atoms with Crippen molar-refractivity contribution >= 4 is 35.0 Å². The molecule has 1 aromatic heterocycles. The van der Waals surface area contributed by atoms with Crippen LogP contribution in [0.25, 0.3) is 11.3 Å². The first kappa shape index (κ1) is 13.0. The number of hydrogen-bond donors (Lipinski definition) is 0. The third kappa shape index (κ3) is 3.10. The van der Waals surface area contributed by atoms with Crippen molar-refractivity contribution in [3.05, 3.63) is 64.5 Å². The Morgan fingerprint density at radius 2 is 1.75 bits per heavy atom. The molecule has 98 valence electrons. The fourth-order valence-electron chi connectivity index (χ4n) is 1.71. The molecule has 5 heteroatoms. The quantitative estimate of drug-likeness (QED) is 0.662. The van der Waals surface area contributed by atoms with Gasteiger partial charge >= 0.3 is 0 Å². The molecule has 0 unspecified atom stereocenters. The molecular formula is C15H10ClN3S. The van der Waals surface area contributed by atoms with Crippen LogP contribution in [0.5, 0.6) is 0 Å². The number of benzene rings is 2. The Kier molecular flexibility index (Phi) is 3.85. The average Bonchev–Trinajstić information content (AvgIpc) is 3.01. The average molecular weight is 300 g/mol. The van der Waals surface area contributed by atoms with Gasteiger partial charge < -0.3 is 0 Å². The van der Waals surface area contributed by atoms with Crippen LogP contribution in [0.3, 0.4) is 0 Å². The Bertz CT molecular complexity index is 704. The van der Waals surface area contributed by atoms with Gasteiger partial charge in [-0.25, -0.2) is 0 Å². The Morgan fingerprint density at radius 1 is 1.00 bits per heavy atom. The van der Waals surface area contributed by atoms with Gasteiger partial charge in [-0.2, -0.15) is 0 Å². The lowest BCUT2D eigenvalue weighted by Crippen LogP contribution is -1.80. The van der Waals surface area contributed by atoms with E-state index >= 15 is 0 Å². The van der Waals surface area contributed by atoms with Gasteiger partial charge in [0.15, 0.2) is 0 Å². The largest absolute Gasteiger partial charge is 0.256 e. The van der Waals surface area contributed by atoms with Crippen LogP contribution >= 0.6 is 23.1 Å². The molecule has 2 aromatic carbocycles. The van der Waals surface area contributed by atoms with Crippen LogP contribution in [-0.2, 0) is 0 Å². The first-order valence-corrected chi connectivity index (χ1v) is 7.20. The van der Waals surface area contributed by atoms with Crippen LogP contribution in [0.2, 0.25) is 5.02 Å². The molecule has 0 spiro atoms. The van der Waals surface area contributed by atoms with Crippen molar-refractivity contribution in [2.45, 2.75) is 0 Å². The molecule has 3 aromatic rings. The van der Waals surface area contributed by atoms with E-state index in [1.54, 1.807) is 0 Å². The molecule has 0 fully saturated rings. The molecule has 0 aliphatic rings. The molecule has 0 N–H and O–H groups in total. The van der Waals surface area contributed by atoms with Gasteiger partial charge in [0.1, 0.15) is 5.69 Å². The predicted octanol–water partition coefficient (Wildman–Crippen LogP) is 4.61. The van der Waals surface area contributed by atoms with Gasteiger partial charge in [-0.15, -0.1) is 5.10 Å². The minimum Gasteiger partial charge on any atom is -0.256 e. The van der Waals surface area contributed by atoms with Gasteiger partial charge in [0.05, 0.1) is 5.69 Å². The van der Waals surface area contributed by atoms with E-state index < -0.39 is 0 Å². The van der Waals surface area contributed by atoms with Crippen LogP contribution < -0.4 is 0 Å². The van der Waals surface area contributed by atoms with Crippen molar-refractivity contribution in [1.29, 1.82) is 0 Å². The number of hydrogen-bond acceptors (Lipinski definition) is 4. The minimum atomic E-state index is 0.725. The number of aliphatic imine (C=N–C) groups is 1. The van der Waals surface area contributed by atoms with Crippen LogP contribution in [0, 0.1) is 0 Å². The Hall–Kier alpha value is -2.04. The molecule has 0 amide bonds. The summed E-state index contributed by atoms with van der Waals surface area (Å²) >= 11 is 7.19. The topological polar surface area (TPSA) is 38.1 Å². The normalized spacial score (nSPS) is 11.1. The highest BCUT2D eigenvalue weighted by Crippen LogP contribution is 2.21. The van der Waals surface area contributed by atoms with Crippen LogP contribution in [0.4, 0.5) is 5.69 Å². The fraction of sp³-hybridized carbons (Fsp3) is 0. The molecule has 3 rings (SSSR count). The van der Waals surface area contributed by atoms with Gasteiger partial charge in [-0.1, -0.05) is 40.4 Å². The molecule has 0 saturated heterocycles. The molecule has 0 saturated carbocycles. The van der Waals surface area contributed by atoms with E-state index in [1.807, 2.05) is 60.1 Å². The summed E-state index contributed by atoms with van der Waals surface area (Å²) in [5, 5.41) is 6.68. The lowest BCUT2D eigenvalue weighted by Gasteiger charge is -1.97. The van der Waals surface area contributed by atoms with Crippen molar-refractivity contribution < 1.29 is 0 Å². The molecule has 20 heavy (non-hydrogen) atoms. The zero-order valence-corrected chi connectivity index (χ0v) is 12.0. The summed E-state index contributed by atoms with van der Waals surface area (Å²) in [5.74, 6) is 0. The summed E-state index contributed by atoms with van der Waals surface area (Å²) < 4.78 is 3.86. The van der Waals surface area contributed by atoms with E-state index in [0.29, 0.717) is 0 Å². The van der Waals surface area contributed by atoms with E-state index in [-0.39, 0.29) is 0 Å². The van der Waals surface area contributed by atoms with Crippen LogP contribution in [0.1, 0.15) is 5.56 Å². The number of halogens is 1. The van der Waals surface area contributed by atoms with Crippen LogP contribution in [-0.4, -0.2) is 15.8 Å². The lowest BCUT2D eigenvalue weighted by atomic mass is 10.1. The highest BCUT2D eigenvalue weighted by Gasteiger charge is 1.99. The standard InChI is InChI=1S/C15H10ClN3S/c16-13-5-1-11(2-6-13)9-17-14-7-3-12(4-8-14)15-10-20-19-18-15/h1-10H. The predicted molar refractivity (Wildman–Crippen MR) is 84.1 cm³/mol. The fourth-order valence-corrected chi connectivity index (χ4v) is 2.30. The van der Waals surface area contributed by atoms with Crippen molar-refractivity contribution in [3.8, 4) is 11.3 Å². The van der Waals surface area contributed by atoms with Gasteiger partial charge in [-0.3, -0.25) is 4.99 Å². The Morgan fingerprint density at radius 3 is 2.40 bits per heavy atom. The molecule has 0 radical (unpaired) electrons. The third-order valence-corrected chi connectivity index (χ3v) is 3.51. The maximum absolute atomic E-state index is 5.84. The van der Waals surface area contributed by atoms with Crippen LogP contribution in [0.15, 0.2) is 58.9 Å². The van der Waals surface area contributed by atoms with Crippen molar-refractivity contribution in [3.63, 3.8) is 0 Å². The Labute approximate surface area is 125 Å². The summed E-state index contributed by atoms with van der Waals surface area (Å²) in [6, 6.07) is 15.5. The Balaban J connectivity index is 1.76. The summed E-state index contributed by atoms with van der Waals surface area (Å²) in [4.78, 5) is 4.43. The number of aromatic nitrogens is 2. The van der Waals surface area contributed by atoms with Gasteiger partial charge in [0.2, 0.25) is 0 Å². The third-order valence-electron chi connectivity index (χ3n) is 2.76. The summed E-state index contributed by atoms with van der Waals surface area (Å²) in [6.45, 7) is 0. The molecule has 0 aliphatic heterocycles. The second-order valence-electron chi connectivity index (χ2n) is 4.15. The molecular weight excluding hydrogens is 290 g/mol. The highest BCUT2D eigenvalue weighted by molar-refractivity contribution is 7.03. The molecule has 3 nitrogen and oxygen atoms in total. The number of rotatable bonds is 3. The monoisotopic (exact) mass is 299 g/mol. The molecule has 0 bridgehead atoms. The minimum absolute atomic E-state index is 0.725. The molecule has 1 heterocycles. The molecule has 0 atom stereocenters. The van der Waals surface area contributed by atoms with E-state index in [4.69, 9.17) is 11.6 Å². The molecule has 0 aliphatic carbocycles. The summed E-state index contributed by atoms with van der Waals surface area (Å²) in [6.07, 6.45) is 1.82. The second-order valence-corrected chi connectivity index (χ2v) is 5.19. The van der Waals surface area contributed by atoms with Crippen molar-refractivity contribution in [1.82, 2.24) is 9.59 Å². The van der Waals surface area contributed by atoms with Crippen molar-refractivity contribution in [2.24, 2.45) is 4.99 Å². The zero-order valence-electron chi connectivity index (χ0n) is 10.4. The maximum atomic E-state index is 5.84. The first-order chi connectivity index (χ1) is 9.81. The van der Waals surface area contributed by atoms with Gasteiger partial charge in [0.25, 0.3) is 0 Å². The summed E-state index contributed by atoms with van der Waals surface area (Å²) in [7, 11) is 0. The SMILES string of the molecule is Clc1ccc(C=Nc2ccc(-c3csnn3)cc2)cc1. The maximum Gasteiger partial charge on any atom is 0.105 e. The summed E-state index contributed by atoms with van der Waals surface area (Å²) in [5.41, 5.74) is 3.85. The van der Waals surface area contributed by atoms with Crippen molar-refractivity contribution in [2.75, 3.05) is 0 Å². The van der Waals surface area contributed by atoms with E-state index in [9.17, 15) is 0 Å². The van der Waals surface area contributed by atoms with Gasteiger partial charge in [-0.05, 0) is 41.4 Å². The van der Waals surface area contributed by atoms with Gasteiger partial charge in [0, 0.05) is 22.2 Å². The smallest absolute Gasteiger partial charge is 0.105 e.